The molecule has 0 aliphatic carbocycles. The largest absolute Gasteiger partial charge is 0.453 e. The van der Waals surface area contributed by atoms with E-state index in [2.05, 4.69) is 20.2 Å². The first-order chi connectivity index (χ1) is 13.1. The van der Waals surface area contributed by atoms with E-state index < -0.39 is 0 Å². The molecule has 0 spiro atoms. The van der Waals surface area contributed by atoms with Gasteiger partial charge in [-0.2, -0.15) is 0 Å². The molecule has 0 unspecified atom stereocenters. The highest BCUT2D eigenvalue weighted by Gasteiger charge is 2.22. The average Bonchev–Trinajstić information content (AvgIpc) is 2.70. The Morgan fingerprint density at radius 2 is 1.93 bits per heavy atom. The van der Waals surface area contributed by atoms with Gasteiger partial charge < -0.3 is 19.9 Å². The zero-order valence-electron chi connectivity index (χ0n) is 15.5. The lowest BCUT2D eigenvalue weighted by molar-refractivity contribution is -0.115. The summed E-state index contributed by atoms with van der Waals surface area (Å²) in [6.07, 6.45) is 3.33. The van der Waals surface area contributed by atoms with Crippen LogP contribution in [0.3, 0.4) is 0 Å². The maximum atomic E-state index is 12.2. The maximum Gasteiger partial charge on any atom is 0.409 e. The number of piperazine rings is 1. The second-order valence-corrected chi connectivity index (χ2v) is 6.32. The second kappa shape index (κ2) is 8.48. The molecule has 0 saturated carbocycles. The van der Waals surface area contributed by atoms with Gasteiger partial charge in [0, 0.05) is 38.1 Å². The molecule has 0 aromatic carbocycles. The average molecular weight is 369 g/mol. The number of pyridine rings is 2. The van der Waals surface area contributed by atoms with Crippen LogP contribution in [0, 0.1) is 6.92 Å². The fourth-order valence-electron chi connectivity index (χ4n) is 2.98. The summed E-state index contributed by atoms with van der Waals surface area (Å²) in [5.41, 5.74) is 2.41. The number of ether oxygens (including phenoxy) is 1. The van der Waals surface area contributed by atoms with Crippen molar-refractivity contribution in [2.45, 2.75) is 13.3 Å². The molecule has 1 saturated heterocycles. The van der Waals surface area contributed by atoms with Gasteiger partial charge in [0.25, 0.3) is 0 Å². The molecule has 27 heavy (non-hydrogen) atoms. The number of nitrogens with zero attached hydrogens (tertiary/aromatic N) is 4. The zero-order chi connectivity index (χ0) is 19.2. The number of nitrogens with one attached hydrogen (secondary N) is 1. The first-order valence-electron chi connectivity index (χ1n) is 8.81. The minimum absolute atomic E-state index is 0.104. The van der Waals surface area contributed by atoms with Gasteiger partial charge in [-0.05, 0) is 30.7 Å². The second-order valence-electron chi connectivity index (χ2n) is 6.32. The predicted octanol–water partition coefficient (Wildman–Crippen LogP) is 1.85. The summed E-state index contributed by atoms with van der Waals surface area (Å²) < 4.78 is 4.74. The van der Waals surface area contributed by atoms with E-state index in [0.29, 0.717) is 31.9 Å². The fourth-order valence-corrected chi connectivity index (χ4v) is 2.98. The molecule has 1 N–H and O–H groups in total. The van der Waals surface area contributed by atoms with E-state index in [1.165, 1.54) is 7.11 Å². The van der Waals surface area contributed by atoms with Gasteiger partial charge in [0.2, 0.25) is 5.91 Å². The number of aryl methyl sites for hydroxylation is 1. The van der Waals surface area contributed by atoms with Crippen molar-refractivity contribution in [1.29, 1.82) is 0 Å². The Hall–Kier alpha value is -3.16. The smallest absolute Gasteiger partial charge is 0.409 e. The van der Waals surface area contributed by atoms with Crippen LogP contribution in [0.1, 0.15) is 11.3 Å². The molecular formula is C19H23N5O3. The van der Waals surface area contributed by atoms with Crippen molar-refractivity contribution in [2.24, 2.45) is 0 Å². The Balaban J connectivity index is 1.54. The maximum absolute atomic E-state index is 12.2. The molecule has 2 aromatic heterocycles. The topological polar surface area (TPSA) is 87.7 Å². The van der Waals surface area contributed by atoms with Crippen LogP contribution < -0.4 is 10.2 Å². The number of carbonyl (C=O) groups excluding carboxylic acids is 2. The molecular weight excluding hydrogens is 346 g/mol. The monoisotopic (exact) mass is 369 g/mol. The van der Waals surface area contributed by atoms with Gasteiger partial charge in [0.1, 0.15) is 5.82 Å². The minimum Gasteiger partial charge on any atom is -0.453 e. The van der Waals surface area contributed by atoms with Crippen LogP contribution in [-0.4, -0.2) is 60.2 Å². The van der Waals surface area contributed by atoms with Gasteiger partial charge in [-0.3, -0.25) is 9.78 Å². The van der Waals surface area contributed by atoms with E-state index in [9.17, 15) is 9.59 Å². The molecule has 1 fully saturated rings. The van der Waals surface area contributed by atoms with Gasteiger partial charge in [0.15, 0.2) is 0 Å². The number of aromatic nitrogens is 2. The molecule has 0 bridgehead atoms. The normalized spacial score (nSPS) is 14.0. The third-order valence-corrected chi connectivity index (χ3v) is 4.54. The Morgan fingerprint density at radius 3 is 2.56 bits per heavy atom. The molecule has 3 heterocycles. The van der Waals surface area contributed by atoms with Crippen molar-refractivity contribution >= 4 is 23.5 Å². The molecule has 1 aliphatic heterocycles. The Labute approximate surface area is 158 Å². The van der Waals surface area contributed by atoms with Crippen molar-refractivity contribution in [3.8, 4) is 0 Å². The lowest BCUT2D eigenvalue weighted by atomic mass is 10.1. The third kappa shape index (κ3) is 4.72. The Bertz CT molecular complexity index is 801. The molecule has 3 rings (SSSR count). The van der Waals surface area contributed by atoms with E-state index in [1.54, 1.807) is 17.3 Å². The number of hydrogen-bond acceptors (Lipinski definition) is 6. The van der Waals surface area contributed by atoms with Gasteiger partial charge in [-0.15, -0.1) is 0 Å². The minimum atomic E-state index is -0.301. The zero-order valence-corrected chi connectivity index (χ0v) is 15.5. The SMILES string of the molecule is COC(=O)N1CCN(c2ccc(NC(=O)Cc3cccnc3C)cn2)CC1. The molecule has 0 radical (unpaired) electrons. The van der Waals surface area contributed by atoms with Crippen molar-refractivity contribution < 1.29 is 14.3 Å². The molecule has 1 aliphatic rings. The highest BCUT2D eigenvalue weighted by Crippen LogP contribution is 2.17. The van der Waals surface area contributed by atoms with Crippen molar-refractivity contribution in [1.82, 2.24) is 14.9 Å². The van der Waals surface area contributed by atoms with Crippen molar-refractivity contribution in [3.63, 3.8) is 0 Å². The van der Waals surface area contributed by atoms with Crippen molar-refractivity contribution in [2.75, 3.05) is 43.5 Å². The van der Waals surface area contributed by atoms with E-state index in [1.807, 2.05) is 31.2 Å². The van der Waals surface area contributed by atoms with Gasteiger partial charge in [-0.1, -0.05) is 6.07 Å². The lowest BCUT2D eigenvalue weighted by Gasteiger charge is -2.34. The molecule has 0 atom stereocenters. The van der Waals surface area contributed by atoms with Gasteiger partial charge in [0.05, 0.1) is 25.4 Å². The number of anilines is 2. The van der Waals surface area contributed by atoms with E-state index >= 15 is 0 Å². The molecule has 8 heteroatoms. The molecule has 8 nitrogen and oxygen atoms in total. The lowest BCUT2D eigenvalue weighted by Crippen LogP contribution is -2.49. The quantitative estimate of drug-likeness (QED) is 0.885. The van der Waals surface area contributed by atoms with Crippen LogP contribution in [0.2, 0.25) is 0 Å². The number of carbonyl (C=O) groups is 2. The first kappa shape index (κ1) is 18.6. The highest BCUT2D eigenvalue weighted by molar-refractivity contribution is 5.92. The summed E-state index contributed by atoms with van der Waals surface area (Å²) in [4.78, 5) is 36.2. The Morgan fingerprint density at radius 1 is 1.15 bits per heavy atom. The molecule has 142 valence electrons. The molecule has 2 amide bonds. The summed E-state index contributed by atoms with van der Waals surface area (Å²) in [7, 11) is 1.39. The van der Waals surface area contributed by atoms with Gasteiger partial charge in [-0.25, -0.2) is 9.78 Å². The fraction of sp³-hybridized carbons (Fsp3) is 0.368. The van der Waals surface area contributed by atoms with Crippen molar-refractivity contribution in [3.05, 3.63) is 47.9 Å². The first-order valence-corrected chi connectivity index (χ1v) is 8.81. The summed E-state index contributed by atoms with van der Waals surface area (Å²) in [5, 5.41) is 2.86. The number of methoxy groups -OCH3 is 1. The Kier molecular flexibility index (Phi) is 5.85. The van der Waals surface area contributed by atoms with E-state index in [-0.39, 0.29) is 18.4 Å². The summed E-state index contributed by atoms with van der Waals surface area (Å²) in [5.74, 6) is 0.716. The van der Waals surface area contributed by atoms with Crippen LogP contribution in [0.25, 0.3) is 0 Å². The van der Waals surface area contributed by atoms with Crippen LogP contribution >= 0.6 is 0 Å². The van der Waals surface area contributed by atoms with Crippen LogP contribution in [0.5, 0.6) is 0 Å². The standard InChI is InChI=1S/C19H23N5O3/c1-14-15(4-3-7-20-14)12-18(25)22-16-5-6-17(21-13-16)23-8-10-24(11-9-23)19(26)27-2/h3-7,13H,8-12H2,1-2H3,(H,22,25). The van der Waals surface area contributed by atoms with Gasteiger partial charge >= 0.3 is 6.09 Å². The summed E-state index contributed by atoms with van der Waals surface area (Å²) in [6.45, 7) is 4.45. The van der Waals surface area contributed by atoms with E-state index in [4.69, 9.17) is 4.74 Å². The van der Waals surface area contributed by atoms with E-state index in [0.717, 1.165) is 17.1 Å². The number of hydrogen-bond donors (Lipinski definition) is 1. The number of amides is 2. The van der Waals surface area contributed by atoms with Crippen LogP contribution in [0.15, 0.2) is 36.7 Å². The summed E-state index contributed by atoms with van der Waals surface area (Å²) in [6, 6.07) is 7.44. The summed E-state index contributed by atoms with van der Waals surface area (Å²) >= 11 is 0. The van der Waals surface area contributed by atoms with Crippen LogP contribution in [-0.2, 0) is 16.0 Å². The predicted molar refractivity (Wildman–Crippen MR) is 102 cm³/mol. The number of rotatable bonds is 4. The highest BCUT2D eigenvalue weighted by atomic mass is 16.5. The molecule has 2 aromatic rings. The third-order valence-electron chi connectivity index (χ3n) is 4.54. The van der Waals surface area contributed by atoms with Crippen LogP contribution in [0.4, 0.5) is 16.3 Å².